The molecular formula is C10H9BrN6O. The summed E-state index contributed by atoms with van der Waals surface area (Å²) in [4.78, 5) is 4.30. The number of pyridine rings is 1. The van der Waals surface area contributed by atoms with E-state index in [1.54, 1.807) is 10.9 Å². The molecule has 0 fully saturated rings. The van der Waals surface area contributed by atoms with E-state index in [1.165, 1.54) is 0 Å². The van der Waals surface area contributed by atoms with Gasteiger partial charge in [0, 0.05) is 17.5 Å². The van der Waals surface area contributed by atoms with Crippen LogP contribution in [0.25, 0.3) is 11.2 Å². The molecule has 3 rings (SSSR count). The maximum atomic E-state index is 6.06. The summed E-state index contributed by atoms with van der Waals surface area (Å²) in [5.41, 5.74) is 9.17. The van der Waals surface area contributed by atoms with Crippen LogP contribution in [0.3, 0.4) is 0 Å². The van der Waals surface area contributed by atoms with Crippen molar-refractivity contribution in [1.82, 2.24) is 25.1 Å². The van der Waals surface area contributed by atoms with E-state index in [-0.39, 0.29) is 0 Å². The van der Waals surface area contributed by atoms with Crippen LogP contribution in [-0.2, 0) is 6.54 Å². The van der Waals surface area contributed by atoms with Gasteiger partial charge in [-0.25, -0.2) is 9.61 Å². The molecule has 8 heteroatoms. The van der Waals surface area contributed by atoms with Gasteiger partial charge in [0.25, 0.3) is 0 Å². The van der Waals surface area contributed by atoms with Gasteiger partial charge >= 0.3 is 0 Å². The minimum absolute atomic E-state index is 0.426. The Morgan fingerprint density at radius 3 is 3.00 bits per heavy atom. The minimum Gasteiger partial charge on any atom is -0.396 e. The molecule has 0 saturated carbocycles. The Hall–Kier alpha value is -1.96. The zero-order valence-electron chi connectivity index (χ0n) is 9.46. The number of anilines is 1. The zero-order chi connectivity index (χ0) is 12.7. The van der Waals surface area contributed by atoms with Gasteiger partial charge in [-0.2, -0.15) is 5.10 Å². The van der Waals surface area contributed by atoms with Gasteiger partial charge in [-0.3, -0.25) is 4.68 Å². The van der Waals surface area contributed by atoms with E-state index < -0.39 is 0 Å². The van der Waals surface area contributed by atoms with Gasteiger partial charge in [0.15, 0.2) is 5.52 Å². The number of rotatable bonds is 2. The van der Waals surface area contributed by atoms with E-state index in [1.807, 2.05) is 13.1 Å². The highest BCUT2D eigenvalue weighted by atomic mass is 79.9. The fourth-order valence-electron chi connectivity index (χ4n) is 1.78. The van der Waals surface area contributed by atoms with E-state index in [0.29, 0.717) is 23.4 Å². The largest absolute Gasteiger partial charge is 0.396 e. The average molecular weight is 309 g/mol. The van der Waals surface area contributed by atoms with Gasteiger partial charge in [0.2, 0.25) is 5.65 Å². The van der Waals surface area contributed by atoms with Crippen LogP contribution in [0.1, 0.15) is 11.3 Å². The summed E-state index contributed by atoms with van der Waals surface area (Å²) >= 11 is 3.35. The van der Waals surface area contributed by atoms with Gasteiger partial charge in [0.05, 0.1) is 22.9 Å². The Morgan fingerprint density at radius 1 is 1.44 bits per heavy atom. The van der Waals surface area contributed by atoms with Crippen molar-refractivity contribution >= 4 is 32.8 Å². The first-order valence-corrected chi connectivity index (χ1v) is 5.99. The highest BCUT2D eigenvalue weighted by Gasteiger charge is 2.14. The lowest BCUT2D eigenvalue weighted by Gasteiger charge is -2.08. The lowest BCUT2D eigenvalue weighted by Crippen LogP contribution is -2.07. The molecule has 92 valence electrons. The molecule has 0 aliphatic heterocycles. The molecule has 0 amide bonds. The van der Waals surface area contributed by atoms with Gasteiger partial charge in [-0.1, -0.05) is 0 Å². The van der Waals surface area contributed by atoms with Crippen LogP contribution in [0.4, 0.5) is 5.69 Å². The van der Waals surface area contributed by atoms with Crippen LogP contribution in [0.5, 0.6) is 0 Å². The summed E-state index contributed by atoms with van der Waals surface area (Å²) < 4.78 is 7.32. The predicted octanol–water partition coefficient (Wildman–Crippen LogP) is 1.52. The van der Waals surface area contributed by atoms with Crippen molar-refractivity contribution in [3.63, 3.8) is 0 Å². The minimum atomic E-state index is 0.426. The van der Waals surface area contributed by atoms with E-state index in [2.05, 4.69) is 41.0 Å². The molecule has 0 bridgehead atoms. The Bertz CT molecular complexity index is 718. The van der Waals surface area contributed by atoms with Crippen LogP contribution in [-0.4, -0.2) is 25.1 Å². The van der Waals surface area contributed by atoms with Crippen LogP contribution in [0, 0.1) is 6.92 Å². The lowest BCUT2D eigenvalue weighted by molar-refractivity contribution is 0.315. The van der Waals surface area contributed by atoms with Gasteiger partial charge in [0.1, 0.15) is 0 Å². The Labute approximate surface area is 110 Å². The smallest absolute Gasteiger partial charge is 0.226 e. The highest BCUT2D eigenvalue weighted by molar-refractivity contribution is 9.10. The monoisotopic (exact) mass is 308 g/mol. The van der Waals surface area contributed by atoms with E-state index in [4.69, 9.17) is 5.73 Å². The number of aryl methyl sites for hydroxylation is 1. The molecule has 18 heavy (non-hydrogen) atoms. The standard InChI is InChI=1S/C10H9BrN6O/c1-5-7(4-17-3-6(11)2-13-17)8(12)9-10(14-5)16-18-15-9/h2-3H,4,12H2,1H3. The second kappa shape index (κ2) is 4.05. The van der Waals surface area contributed by atoms with Crippen molar-refractivity contribution in [1.29, 1.82) is 0 Å². The van der Waals surface area contributed by atoms with Crippen molar-refractivity contribution in [2.45, 2.75) is 13.5 Å². The normalized spacial score (nSPS) is 11.2. The molecule has 0 unspecified atom stereocenters. The van der Waals surface area contributed by atoms with Crippen molar-refractivity contribution in [2.75, 3.05) is 5.73 Å². The summed E-state index contributed by atoms with van der Waals surface area (Å²) in [5.74, 6) is 0. The SMILES string of the molecule is Cc1nc2nonc2c(N)c1Cn1cc(Br)cn1. The molecule has 0 atom stereocenters. The lowest BCUT2D eigenvalue weighted by atomic mass is 10.1. The summed E-state index contributed by atoms with van der Waals surface area (Å²) in [6, 6.07) is 0. The Kier molecular flexibility index (Phi) is 2.51. The number of aromatic nitrogens is 5. The molecule has 0 radical (unpaired) electrons. The quantitative estimate of drug-likeness (QED) is 0.771. The molecule has 0 aliphatic rings. The molecule has 0 spiro atoms. The topological polar surface area (TPSA) is 95.6 Å². The summed E-state index contributed by atoms with van der Waals surface area (Å²) in [6.07, 6.45) is 3.58. The first-order valence-electron chi connectivity index (χ1n) is 5.20. The highest BCUT2D eigenvalue weighted by Crippen LogP contribution is 2.24. The van der Waals surface area contributed by atoms with Crippen molar-refractivity contribution in [3.05, 3.63) is 28.1 Å². The van der Waals surface area contributed by atoms with E-state index in [0.717, 1.165) is 15.7 Å². The summed E-state index contributed by atoms with van der Waals surface area (Å²) in [5, 5.41) is 11.6. The number of hydrogen-bond donors (Lipinski definition) is 1. The Balaban J connectivity index is 2.10. The van der Waals surface area contributed by atoms with E-state index in [9.17, 15) is 0 Å². The summed E-state index contributed by atoms with van der Waals surface area (Å²) in [6.45, 7) is 2.40. The fraction of sp³-hybridized carbons (Fsp3) is 0.200. The van der Waals surface area contributed by atoms with Crippen molar-refractivity contribution in [3.8, 4) is 0 Å². The number of nitrogen functional groups attached to an aromatic ring is 1. The second-order valence-corrected chi connectivity index (χ2v) is 4.80. The van der Waals surface area contributed by atoms with Crippen LogP contribution >= 0.6 is 15.9 Å². The average Bonchev–Trinajstić information content (AvgIpc) is 2.93. The van der Waals surface area contributed by atoms with Gasteiger partial charge in [-0.05, 0) is 33.2 Å². The Morgan fingerprint density at radius 2 is 2.28 bits per heavy atom. The molecule has 3 heterocycles. The molecule has 3 aromatic rings. The molecule has 2 N–H and O–H groups in total. The first kappa shape index (κ1) is 11.1. The maximum absolute atomic E-state index is 6.06. The molecule has 0 saturated heterocycles. The van der Waals surface area contributed by atoms with Crippen molar-refractivity contribution < 1.29 is 4.63 Å². The number of halogens is 1. The zero-order valence-corrected chi connectivity index (χ0v) is 11.0. The summed E-state index contributed by atoms with van der Waals surface area (Å²) in [7, 11) is 0. The van der Waals surface area contributed by atoms with Crippen LogP contribution in [0.2, 0.25) is 0 Å². The molecule has 3 aromatic heterocycles. The fourth-order valence-corrected chi connectivity index (χ4v) is 2.11. The van der Waals surface area contributed by atoms with Crippen LogP contribution in [0.15, 0.2) is 21.5 Å². The van der Waals surface area contributed by atoms with Crippen LogP contribution < -0.4 is 5.73 Å². The predicted molar refractivity (Wildman–Crippen MR) is 67.8 cm³/mol. The maximum Gasteiger partial charge on any atom is 0.226 e. The number of nitrogens with two attached hydrogens (primary N) is 1. The number of nitrogens with zero attached hydrogens (tertiary/aromatic N) is 5. The number of fused-ring (bicyclic) bond motifs is 1. The first-order chi connectivity index (χ1) is 8.65. The third kappa shape index (κ3) is 1.74. The third-order valence-corrected chi connectivity index (χ3v) is 3.09. The van der Waals surface area contributed by atoms with Gasteiger partial charge < -0.3 is 5.73 Å². The molecule has 0 aromatic carbocycles. The van der Waals surface area contributed by atoms with Crippen molar-refractivity contribution in [2.24, 2.45) is 0 Å². The second-order valence-electron chi connectivity index (χ2n) is 3.88. The molecule has 7 nitrogen and oxygen atoms in total. The van der Waals surface area contributed by atoms with Gasteiger partial charge in [-0.15, -0.1) is 0 Å². The molecular weight excluding hydrogens is 300 g/mol. The molecule has 0 aliphatic carbocycles. The number of hydrogen-bond acceptors (Lipinski definition) is 6. The van der Waals surface area contributed by atoms with E-state index >= 15 is 0 Å². The third-order valence-electron chi connectivity index (χ3n) is 2.68.